The molecule has 0 radical (unpaired) electrons. The summed E-state index contributed by atoms with van der Waals surface area (Å²) in [4.78, 5) is 66.7. The van der Waals surface area contributed by atoms with E-state index in [4.69, 9.17) is 44.3 Å². The number of aromatic carboxylic acids is 4. The number of fused-ring (bicyclic) bond motifs is 12. The lowest BCUT2D eigenvalue weighted by Crippen LogP contribution is -2.11. The molecule has 109 heavy (non-hydrogen) atoms. The Morgan fingerprint density at radius 1 is 0.431 bits per heavy atom. The molecule has 4 aromatic heterocycles. The SMILES string of the molecule is C.CC.CC.CC.CC.CC.CC.CC.CC.CC.CC.CC.CC.Cn1c2c(C(=O)O)cccc2c2oc3ccccc3c21.NNc1ccccc1C(=O)O.O.O=C(O)c1cccc2c1[nH]c1c3ccccc3oc21.O=C(O)c1ccccc1N/N=C1\COc2ccccc21.O=C1COc2ccccc21.O=CO. The van der Waals surface area contributed by atoms with Crippen LogP contribution in [0.25, 0.3) is 65.9 Å². The fraction of sp³-hybridized carbons (Fsp3) is 0.322. The van der Waals surface area contributed by atoms with Gasteiger partial charge in [-0.25, -0.2) is 19.2 Å². The van der Waals surface area contributed by atoms with Gasteiger partial charge in [-0.15, -0.1) is 0 Å². The van der Waals surface area contributed by atoms with E-state index in [1.165, 1.54) is 12.1 Å². The average molecular weight is 1510 g/mol. The van der Waals surface area contributed by atoms with Gasteiger partial charge in [0.15, 0.2) is 17.8 Å². The lowest BCUT2D eigenvalue weighted by molar-refractivity contribution is -0.122. The van der Waals surface area contributed by atoms with Gasteiger partial charge in [0.2, 0.25) is 5.78 Å². The maximum Gasteiger partial charge on any atom is 0.337 e. The summed E-state index contributed by atoms with van der Waals surface area (Å²) in [6.07, 6.45) is 0. The van der Waals surface area contributed by atoms with Gasteiger partial charge in [0, 0.05) is 34.2 Å². The lowest BCUT2D eigenvalue weighted by Gasteiger charge is -2.05. The van der Waals surface area contributed by atoms with Crippen LogP contribution in [0.4, 0.5) is 11.4 Å². The minimum absolute atomic E-state index is 0. The Labute approximate surface area is 646 Å². The van der Waals surface area contributed by atoms with Crippen LogP contribution in [-0.2, 0) is 11.8 Å². The summed E-state index contributed by atoms with van der Waals surface area (Å²) in [7, 11) is 1.87. The number of hydrogen-bond donors (Lipinski definition) is 9. The number of anilines is 2. The number of ether oxygens (including phenoxy) is 2. The number of para-hydroxylation sites is 8. The summed E-state index contributed by atoms with van der Waals surface area (Å²) in [5.41, 5.74) is 15.4. The minimum Gasteiger partial charge on any atom is -0.487 e. The molecular formula is C87H126N6O16. The number of benzene rings is 8. The molecule has 0 spiro atoms. The number of nitrogen functional groups attached to an aromatic ring is 1. The molecule has 0 bridgehead atoms. The molecule has 2 aliphatic rings. The number of aromatic nitrogens is 2. The monoisotopic (exact) mass is 1510 g/mol. The van der Waals surface area contributed by atoms with Crippen LogP contribution in [0.5, 0.6) is 11.5 Å². The molecule has 14 rings (SSSR count). The number of carbonyl (C=O) groups is 6. The summed E-state index contributed by atoms with van der Waals surface area (Å²) in [6.45, 7) is 48.3. The number of hydrogen-bond acceptors (Lipinski definition) is 14. The van der Waals surface area contributed by atoms with Crippen molar-refractivity contribution >= 4 is 119 Å². The zero-order valence-electron chi connectivity index (χ0n) is 68.1. The number of aromatic amines is 1. The maximum atomic E-state index is 11.4. The molecule has 600 valence electrons. The van der Waals surface area contributed by atoms with Gasteiger partial charge in [0.1, 0.15) is 35.0 Å². The van der Waals surface area contributed by atoms with E-state index in [9.17, 15) is 34.2 Å². The van der Waals surface area contributed by atoms with Crippen LogP contribution in [0.3, 0.4) is 0 Å². The number of carboxylic acids is 4. The molecule has 2 aliphatic heterocycles. The van der Waals surface area contributed by atoms with E-state index in [1.54, 1.807) is 72.8 Å². The normalized spacial score (nSPS) is 9.89. The van der Waals surface area contributed by atoms with E-state index < -0.39 is 23.9 Å². The zero-order valence-corrected chi connectivity index (χ0v) is 68.1. The number of nitrogens with two attached hydrogens (primary N) is 1. The standard InChI is InChI=1S/C16H11NO3.C15H12N2O3.C15H9NO3.C8H6O2.C7H8N2O2.12C2H6.CH2O2.CH4.H2O/c1-17-13-10(6-4-7-11(13)16(18)19)15-14(17)9-5-2-3-8-12(9)20-15;18-15(19)11-6-1-3-7-12(11)16-17-13-9-20-14-8-4-2-5-10(13)14;17-15(18)10-6-3-5-9-12(10)16-13-8-4-1-2-7-11(8)19-14(9)13;9-7-5-10-8-4-2-1-3-6(7)8;8-9-6-4-2-1-3-5(6)7(10)11;12*1-2;2-1-3;;/h2-8H,1H3,(H,18,19);1-8,16H,9H2,(H,18,19);1-7,16H,(H,17,18);1-4H,5H2;1-4,9H,8H2,(H,10,11);12*1-2H3;1H,(H,2,3);1H4;1H2/b;17-13+;;;;;;;;;;;;;;;;;;. The third-order valence-corrected chi connectivity index (χ3v) is 13.0. The van der Waals surface area contributed by atoms with E-state index in [0.717, 1.165) is 66.4 Å². The highest BCUT2D eigenvalue weighted by Gasteiger charge is 2.23. The highest BCUT2D eigenvalue weighted by atomic mass is 16.5. The molecule has 12 N–H and O–H groups in total. The van der Waals surface area contributed by atoms with Gasteiger partial charge in [-0.3, -0.25) is 20.9 Å². The van der Waals surface area contributed by atoms with E-state index in [1.807, 2.05) is 275 Å². The summed E-state index contributed by atoms with van der Waals surface area (Å²) in [6, 6.07) is 53.9. The number of carbonyl (C=O) groups excluding carboxylic acids is 1. The van der Waals surface area contributed by atoms with Gasteiger partial charge >= 0.3 is 23.9 Å². The predicted octanol–water partition coefficient (Wildman–Crippen LogP) is 23.9. The quantitative estimate of drug-likeness (QED) is 0.0406. The molecule has 6 heterocycles. The van der Waals surface area contributed by atoms with Crippen LogP contribution in [0.15, 0.2) is 196 Å². The summed E-state index contributed by atoms with van der Waals surface area (Å²) < 4.78 is 24.2. The Balaban J connectivity index is -0.000000284. The number of Topliss-reactive ketones (excluding diaryl/α,β-unsaturated/α-hetero) is 1. The molecule has 0 aliphatic carbocycles. The van der Waals surface area contributed by atoms with Crippen molar-refractivity contribution < 1.29 is 78.1 Å². The Morgan fingerprint density at radius 3 is 1.27 bits per heavy atom. The molecule has 0 unspecified atom stereocenters. The molecule has 0 saturated carbocycles. The number of rotatable bonds is 7. The second kappa shape index (κ2) is 64.6. The van der Waals surface area contributed by atoms with Crippen molar-refractivity contribution in [3.8, 4) is 11.5 Å². The molecule has 0 fully saturated rings. The van der Waals surface area contributed by atoms with Crippen LogP contribution in [0.2, 0.25) is 0 Å². The number of carboxylic acid groups (broad SMARTS) is 5. The van der Waals surface area contributed by atoms with Gasteiger partial charge in [-0.1, -0.05) is 259 Å². The summed E-state index contributed by atoms with van der Waals surface area (Å²) in [5.74, 6) is 2.81. The molecule has 12 aromatic rings. The van der Waals surface area contributed by atoms with Crippen molar-refractivity contribution in [2.24, 2.45) is 18.0 Å². The first kappa shape index (κ1) is 108. The van der Waals surface area contributed by atoms with Gasteiger partial charge in [-0.05, 0) is 97.1 Å². The van der Waals surface area contributed by atoms with Crippen molar-refractivity contribution in [2.45, 2.75) is 174 Å². The number of nitrogens with one attached hydrogen (secondary N) is 3. The smallest absolute Gasteiger partial charge is 0.337 e. The Morgan fingerprint density at radius 2 is 0.789 bits per heavy atom. The predicted molar refractivity (Wildman–Crippen MR) is 458 cm³/mol. The van der Waals surface area contributed by atoms with E-state index in [2.05, 4.69) is 20.9 Å². The molecule has 8 aromatic carbocycles. The first-order valence-electron chi connectivity index (χ1n) is 37.0. The van der Waals surface area contributed by atoms with E-state index in [0.29, 0.717) is 51.5 Å². The first-order chi connectivity index (χ1) is 52.2. The van der Waals surface area contributed by atoms with Crippen molar-refractivity contribution in [1.82, 2.24) is 9.55 Å². The minimum atomic E-state index is -0.989. The average Bonchev–Trinajstić information content (AvgIpc) is 1.58. The Kier molecular flexibility index (Phi) is 64.1. The van der Waals surface area contributed by atoms with E-state index in [-0.39, 0.29) is 48.5 Å². The number of hydrazine groups is 1. The third kappa shape index (κ3) is 30.6. The van der Waals surface area contributed by atoms with Crippen molar-refractivity contribution in [3.05, 3.63) is 215 Å². The molecule has 22 nitrogen and oxygen atoms in total. The highest BCUT2D eigenvalue weighted by molar-refractivity contribution is 6.20. The number of H-pyrrole nitrogens is 1. The van der Waals surface area contributed by atoms with E-state index >= 15 is 0 Å². The lowest BCUT2D eigenvalue weighted by atomic mass is 10.1. The second-order valence-electron chi connectivity index (χ2n) is 17.9. The zero-order chi connectivity index (χ0) is 82.7. The van der Waals surface area contributed by atoms with Crippen molar-refractivity contribution in [3.63, 3.8) is 0 Å². The molecule has 0 atom stereocenters. The largest absolute Gasteiger partial charge is 0.487 e. The molecular weight excluding hydrogens is 1380 g/mol. The van der Waals surface area contributed by atoms with Gasteiger partial charge in [0.25, 0.3) is 6.47 Å². The van der Waals surface area contributed by atoms with Crippen LogP contribution in [-0.4, -0.2) is 95.6 Å². The van der Waals surface area contributed by atoms with Crippen LogP contribution < -0.4 is 26.2 Å². The third-order valence-electron chi connectivity index (χ3n) is 13.0. The number of nitrogens with zero attached hydrogens (tertiary/aromatic N) is 2. The first-order valence-corrected chi connectivity index (χ1v) is 37.0. The Hall–Kier alpha value is -11.8. The topological polar surface area (TPSA) is 363 Å². The maximum absolute atomic E-state index is 11.4. The van der Waals surface area contributed by atoms with Crippen molar-refractivity contribution in [2.75, 3.05) is 24.1 Å². The summed E-state index contributed by atoms with van der Waals surface area (Å²) >= 11 is 0. The fourth-order valence-corrected chi connectivity index (χ4v) is 9.34. The number of ketones is 1. The fourth-order valence-electron chi connectivity index (χ4n) is 9.34. The number of aryl methyl sites for hydroxylation is 1. The van der Waals surface area contributed by atoms with Gasteiger partial charge in [0.05, 0.1) is 61.3 Å². The van der Waals surface area contributed by atoms with Gasteiger partial charge in [-0.2, -0.15) is 5.10 Å². The van der Waals surface area contributed by atoms with Crippen LogP contribution in [0.1, 0.15) is 231 Å². The van der Waals surface area contributed by atoms with Crippen molar-refractivity contribution in [1.29, 1.82) is 0 Å². The number of furan rings is 2. The summed E-state index contributed by atoms with van der Waals surface area (Å²) in [5, 5.41) is 51.0. The van der Waals surface area contributed by atoms with Gasteiger partial charge < -0.3 is 64.3 Å². The Bertz CT molecular complexity index is 4490. The molecule has 0 saturated heterocycles. The molecule has 0 amide bonds. The van der Waals surface area contributed by atoms with Crippen LogP contribution in [0, 0.1) is 0 Å². The highest BCUT2D eigenvalue weighted by Crippen LogP contribution is 2.38. The second-order valence-corrected chi connectivity index (χ2v) is 17.9. The number of hydrazone groups is 1. The molecule has 22 heteroatoms. The van der Waals surface area contributed by atoms with Crippen LogP contribution >= 0.6 is 0 Å².